The van der Waals surface area contributed by atoms with E-state index in [1.54, 1.807) is 12.1 Å². The predicted molar refractivity (Wildman–Crippen MR) is 125 cm³/mol. The van der Waals surface area contributed by atoms with Crippen LogP contribution in [0.4, 0.5) is 24.9 Å². The highest BCUT2D eigenvalue weighted by Crippen LogP contribution is 2.29. The van der Waals surface area contributed by atoms with E-state index in [2.05, 4.69) is 30.6 Å². The molecule has 1 saturated heterocycles. The Bertz CT molecular complexity index is 1030. The van der Waals surface area contributed by atoms with Crippen LogP contribution in [0.2, 0.25) is 0 Å². The minimum absolute atomic E-state index is 0.0118. The SMILES string of the molecule is CC1CN(c2ncc(C(F)(F)F)cn2)CCC1N/N=C\C(=N)COc1ccc(N(N)/C=N\N)nc1. The highest BCUT2D eigenvalue weighted by Gasteiger charge is 2.32. The van der Waals surface area contributed by atoms with Gasteiger partial charge < -0.3 is 26.3 Å². The molecule has 3 heterocycles. The van der Waals surface area contributed by atoms with Crippen LogP contribution in [0.3, 0.4) is 0 Å². The molecular formula is C20H26F3N11O. The fourth-order valence-electron chi connectivity index (χ4n) is 3.30. The molecule has 2 unspecified atom stereocenters. The molecule has 2 aromatic rings. The van der Waals surface area contributed by atoms with E-state index in [1.807, 2.05) is 11.8 Å². The molecule has 0 aromatic carbocycles. The number of hydrogen-bond donors (Lipinski definition) is 4. The van der Waals surface area contributed by atoms with Gasteiger partial charge in [0, 0.05) is 31.5 Å². The number of aromatic nitrogens is 3. The van der Waals surface area contributed by atoms with Crippen molar-refractivity contribution in [2.45, 2.75) is 25.6 Å². The summed E-state index contributed by atoms with van der Waals surface area (Å²) in [7, 11) is 0. The van der Waals surface area contributed by atoms with Crippen molar-refractivity contribution in [3.05, 3.63) is 36.3 Å². The summed E-state index contributed by atoms with van der Waals surface area (Å²) in [5.74, 6) is 11.9. The lowest BCUT2D eigenvalue weighted by Crippen LogP contribution is -2.47. The lowest BCUT2D eigenvalue weighted by molar-refractivity contribution is -0.138. The predicted octanol–water partition coefficient (Wildman–Crippen LogP) is 1.36. The number of piperidine rings is 1. The number of hydrazone groups is 2. The van der Waals surface area contributed by atoms with Gasteiger partial charge in [-0.25, -0.2) is 25.8 Å². The van der Waals surface area contributed by atoms with Gasteiger partial charge in [-0.2, -0.15) is 23.4 Å². The van der Waals surface area contributed by atoms with Crippen LogP contribution in [0.5, 0.6) is 5.75 Å². The summed E-state index contributed by atoms with van der Waals surface area (Å²) in [6.45, 7) is 3.10. The Kier molecular flexibility index (Phi) is 8.35. The average molecular weight is 493 g/mol. The Balaban J connectivity index is 1.42. The van der Waals surface area contributed by atoms with Gasteiger partial charge >= 0.3 is 6.18 Å². The first-order valence-corrected chi connectivity index (χ1v) is 10.5. The zero-order valence-electron chi connectivity index (χ0n) is 18.9. The zero-order chi connectivity index (χ0) is 25.4. The van der Waals surface area contributed by atoms with E-state index in [0.29, 0.717) is 31.1 Å². The molecule has 2 aromatic heterocycles. The van der Waals surface area contributed by atoms with Crippen molar-refractivity contribution >= 4 is 30.0 Å². The van der Waals surface area contributed by atoms with Crippen LogP contribution < -0.4 is 31.8 Å². The van der Waals surface area contributed by atoms with E-state index in [-0.39, 0.29) is 30.2 Å². The van der Waals surface area contributed by atoms with Gasteiger partial charge in [0.15, 0.2) is 0 Å². The molecule has 15 heteroatoms. The number of hydrazine groups is 1. The topological polar surface area (TPSA) is 167 Å². The number of pyridine rings is 1. The Morgan fingerprint density at radius 3 is 2.66 bits per heavy atom. The number of hydrogen-bond acceptors (Lipinski definition) is 11. The molecule has 188 valence electrons. The summed E-state index contributed by atoms with van der Waals surface area (Å²) >= 11 is 0. The number of nitrogens with one attached hydrogen (secondary N) is 2. The third-order valence-electron chi connectivity index (χ3n) is 5.19. The van der Waals surface area contributed by atoms with Gasteiger partial charge in [0.25, 0.3) is 0 Å². The Morgan fingerprint density at radius 1 is 1.31 bits per heavy atom. The van der Waals surface area contributed by atoms with Crippen molar-refractivity contribution < 1.29 is 17.9 Å². The van der Waals surface area contributed by atoms with Crippen LogP contribution >= 0.6 is 0 Å². The fourth-order valence-corrected chi connectivity index (χ4v) is 3.30. The number of alkyl halides is 3. The Labute approximate surface area is 199 Å². The van der Waals surface area contributed by atoms with Crippen LogP contribution in [-0.2, 0) is 6.18 Å². The first-order chi connectivity index (χ1) is 16.7. The average Bonchev–Trinajstić information content (AvgIpc) is 2.84. The number of nitrogens with two attached hydrogens (primary N) is 2. The van der Waals surface area contributed by atoms with Crippen molar-refractivity contribution in [1.82, 2.24) is 20.4 Å². The lowest BCUT2D eigenvalue weighted by Gasteiger charge is -2.36. The van der Waals surface area contributed by atoms with Gasteiger partial charge in [0.2, 0.25) is 5.95 Å². The summed E-state index contributed by atoms with van der Waals surface area (Å²) in [5.41, 5.74) is 2.30. The van der Waals surface area contributed by atoms with E-state index in [9.17, 15) is 13.2 Å². The van der Waals surface area contributed by atoms with Gasteiger partial charge in [-0.05, 0) is 24.5 Å². The van der Waals surface area contributed by atoms with Crippen molar-refractivity contribution in [3.8, 4) is 5.75 Å². The zero-order valence-corrected chi connectivity index (χ0v) is 18.9. The second-order valence-electron chi connectivity index (χ2n) is 7.81. The normalized spacial score (nSPS) is 18.7. The quantitative estimate of drug-likeness (QED) is 0.174. The van der Waals surface area contributed by atoms with Crippen LogP contribution in [0, 0.1) is 11.3 Å². The molecule has 2 atom stereocenters. The molecule has 6 N–H and O–H groups in total. The summed E-state index contributed by atoms with van der Waals surface area (Å²) in [4.78, 5) is 13.7. The molecule has 12 nitrogen and oxygen atoms in total. The monoisotopic (exact) mass is 493 g/mol. The van der Waals surface area contributed by atoms with Crippen molar-refractivity contribution in [2.24, 2.45) is 27.8 Å². The second kappa shape index (κ2) is 11.4. The van der Waals surface area contributed by atoms with Gasteiger partial charge in [0.05, 0.1) is 23.7 Å². The minimum Gasteiger partial charge on any atom is -0.486 e. The molecule has 0 radical (unpaired) electrons. The third kappa shape index (κ3) is 7.23. The molecule has 0 bridgehead atoms. The third-order valence-corrected chi connectivity index (χ3v) is 5.19. The Hall–Kier alpha value is -4.01. The molecule has 1 aliphatic heterocycles. The van der Waals surface area contributed by atoms with E-state index >= 15 is 0 Å². The molecule has 0 aliphatic carbocycles. The maximum absolute atomic E-state index is 12.7. The van der Waals surface area contributed by atoms with Gasteiger partial charge in [-0.1, -0.05) is 6.92 Å². The van der Waals surface area contributed by atoms with E-state index in [1.165, 1.54) is 18.7 Å². The fraction of sp³-hybridized carbons (Fsp3) is 0.400. The van der Waals surface area contributed by atoms with Crippen LogP contribution in [-0.4, -0.2) is 59.0 Å². The summed E-state index contributed by atoms with van der Waals surface area (Å²) < 4.78 is 43.6. The first-order valence-electron chi connectivity index (χ1n) is 10.5. The van der Waals surface area contributed by atoms with Gasteiger partial charge in [-0.3, -0.25) is 0 Å². The van der Waals surface area contributed by atoms with Crippen molar-refractivity contribution in [1.29, 1.82) is 5.41 Å². The highest BCUT2D eigenvalue weighted by molar-refractivity contribution is 6.29. The summed E-state index contributed by atoms with van der Waals surface area (Å²) in [6, 6.07) is 3.28. The van der Waals surface area contributed by atoms with Crippen molar-refractivity contribution in [2.75, 3.05) is 29.6 Å². The number of halogens is 3. The van der Waals surface area contributed by atoms with Crippen LogP contribution in [0.1, 0.15) is 18.9 Å². The summed E-state index contributed by atoms with van der Waals surface area (Å²) in [6.07, 6.45) is 1.82. The number of anilines is 2. The van der Waals surface area contributed by atoms with Gasteiger partial charge in [-0.15, -0.1) is 0 Å². The molecule has 1 fully saturated rings. The molecule has 0 spiro atoms. The van der Waals surface area contributed by atoms with Crippen LogP contribution in [0.25, 0.3) is 0 Å². The molecule has 3 rings (SSSR count). The number of nitrogens with zero attached hydrogens (tertiary/aromatic N) is 7. The lowest BCUT2D eigenvalue weighted by atomic mass is 9.95. The van der Waals surface area contributed by atoms with Gasteiger partial charge in [0.1, 0.15) is 24.5 Å². The first kappa shape index (κ1) is 25.6. The molecular weight excluding hydrogens is 467 g/mol. The van der Waals surface area contributed by atoms with E-state index in [0.717, 1.165) is 17.4 Å². The maximum Gasteiger partial charge on any atom is 0.419 e. The van der Waals surface area contributed by atoms with Crippen LogP contribution in [0.15, 0.2) is 40.9 Å². The van der Waals surface area contributed by atoms with E-state index < -0.39 is 11.7 Å². The molecule has 1 aliphatic rings. The molecule has 0 saturated carbocycles. The largest absolute Gasteiger partial charge is 0.486 e. The number of ether oxygens (including phenoxy) is 1. The highest BCUT2D eigenvalue weighted by atomic mass is 19.4. The van der Waals surface area contributed by atoms with Crippen molar-refractivity contribution in [3.63, 3.8) is 0 Å². The maximum atomic E-state index is 12.7. The summed E-state index contributed by atoms with van der Waals surface area (Å²) in [5, 5.41) is 16.6. The van der Waals surface area contributed by atoms with E-state index in [4.69, 9.17) is 21.8 Å². The smallest absolute Gasteiger partial charge is 0.419 e. The number of rotatable bonds is 9. The Morgan fingerprint density at radius 2 is 2.06 bits per heavy atom. The minimum atomic E-state index is -4.46. The second-order valence-corrected chi connectivity index (χ2v) is 7.81. The standard InChI is InChI=1S/C20H26F3N11O/c1-13-10-33(19-28-6-14(7-29-19)20(21,22)23)5-4-17(13)32-31-8-15(24)11-35-16-2-3-18(27-9-16)34(26)12-30-25/h2-3,6-9,12-13,17,24,32H,4-5,10-11,25-26H2,1H3/b24-15?,30-12-,31-8-. The molecule has 35 heavy (non-hydrogen) atoms. The molecule has 0 amide bonds.